The van der Waals surface area contributed by atoms with Crippen LogP contribution < -0.4 is 0 Å². The molecule has 1 unspecified atom stereocenters. The van der Waals surface area contributed by atoms with E-state index in [-0.39, 0.29) is 6.79 Å². The van der Waals surface area contributed by atoms with Gasteiger partial charge in [-0.25, -0.2) is 0 Å². The van der Waals surface area contributed by atoms with E-state index in [9.17, 15) is 0 Å². The molecule has 0 aromatic rings. The van der Waals surface area contributed by atoms with Crippen LogP contribution in [0.15, 0.2) is 0 Å². The average Bonchev–Trinajstić information content (AvgIpc) is 1.87. The maximum atomic E-state index is 8.22. The Hall–Kier alpha value is 0.660. The van der Waals surface area contributed by atoms with Gasteiger partial charge >= 0.3 is 8.60 Å². The Balaban J connectivity index is 3.03. The van der Waals surface area contributed by atoms with E-state index in [1.807, 2.05) is 0 Å². The summed E-state index contributed by atoms with van der Waals surface area (Å²) in [6.07, 6.45) is 0. The molecule has 0 bridgehead atoms. The van der Waals surface area contributed by atoms with Crippen molar-refractivity contribution in [2.45, 2.75) is 0 Å². The van der Waals surface area contributed by atoms with Crippen molar-refractivity contribution < 1.29 is 23.4 Å². The highest BCUT2D eigenvalue weighted by molar-refractivity contribution is 7.46. The summed E-state index contributed by atoms with van der Waals surface area (Å²) in [5.41, 5.74) is 0. The van der Waals surface area contributed by atoms with Gasteiger partial charge in [0.05, 0.1) is 0 Å². The summed E-state index contributed by atoms with van der Waals surface area (Å²) in [7, 11) is -1.75. The van der Waals surface area contributed by atoms with Crippen LogP contribution in [0.5, 0.6) is 0 Å². The zero-order valence-electron chi connectivity index (χ0n) is 5.72. The quantitative estimate of drug-likeness (QED) is 0.492. The van der Waals surface area contributed by atoms with Gasteiger partial charge in [-0.05, 0) is 0 Å². The van der Waals surface area contributed by atoms with E-state index in [2.05, 4.69) is 4.52 Å². The topological polar surface area (TPSA) is 68.2 Å². The van der Waals surface area contributed by atoms with Crippen molar-refractivity contribution in [1.29, 1.82) is 0 Å². The SMILES string of the molecule is COP(C)OCOP(O)O. The van der Waals surface area contributed by atoms with E-state index < -0.39 is 17.0 Å². The second kappa shape index (κ2) is 6.38. The van der Waals surface area contributed by atoms with Crippen LogP contribution >= 0.6 is 17.0 Å². The van der Waals surface area contributed by atoms with Crippen LogP contribution in [0.4, 0.5) is 0 Å². The van der Waals surface area contributed by atoms with Crippen LogP contribution in [0.25, 0.3) is 0 Å². The zero-order chi connectivity index (χ0) is 7.98. The van der Waals surface area contributed by atoms with Crippen molar-refractivity contribution in [2.75, 3.05) is 20.6 Å². The average molecular weight is 188 g/mol. The largest absolute Gasteiger partial charge is 0.338 e. The Morgan fingerprint density at radius 1 is 1.30 bits per heavy atom. The smallest absolute Gasteiger partial charge is 0.329 e. The molecule has 0 spiro atoms. The molecule has 0 aromatic carbocycles. The number of hydrogen-bond acceptors (Lipinski definition) is 5. The predicted octanol–water partition coefficient (Wildman–Crippen LogP) is 0.777. The number of hydrogen-bond donors (Lipinski definition) is 2. The molecule has 5 nitrogen and oxygen atoms in total. The van der Waals surface area contributed by atoms with Crippen molar-refractivity contribution >= 4 is 17.0 Å². The highest BCUT2D eigenvalue weighted by atomic mass is 31.2. The molecule has 7 heteroatoms. The number of rotatable bonds is 5. The van der Waals surface area contributed by atoms with Crippen molar-refractivity contribution in [1.82, 2.24) is 0 Å². The normalized spacial score (nSPS) is 14.1. The van der Waals surface area contributed by atoms with Gasteiger partial charge in [0.25, 0.3) is 0 Å². The maximum Gasteiger partial charge on any atom is 0.329 e. The molecule has 0 heterocycles. The van der Waals surface area contributed by atoms with Gasteiger partial charge < -0.3 is 18.8 Å². The molecule has 0 saturated heterocycles. The van der Waals surface area contributed by atoms with E-state index in [0.717, 1.165) is 0 Å². The summed E-state index contributed by atoms with van der Waals surface area (Å²) in [6, 6.07) is 0. The van der Waals surface area contributed by atoms with Crippen molar-refractivity contribution in [3.05, 3.63) is 0 Å². The lowest BCUT2D eigenvalue weighted by molar-refractivity contribution is 0.104. The first kappa shape index (κ1) is 10.7. The van der Waals surface area contributed by atoms with Crippen LogP contribution in [0.3, 0.4) is 0 Å². The van der Waals surface area contributed by atoms with Crippen LogP contribution in [-0.4, -0.2) is 30.4 Å². The van der Waals surface area contributed by atoms with Crippen LogP contribution in [-0.2, 0) is 13.6 Å². The second-order valence-electron chi connectivity index (χ2n) is 1.25. The Bertz CT molecular complexity index is 79.3. The van der Waals surface area contributed by atoms with E-state index in [4.69, 9.17) is 18.8 Å². The standard InChI is InChI=1S/C3H10O5P2/c1-6-9(2)7-3-8-10(4)5/h4-5H,3H2,1-2H3. The van der Waals surface area contributed by atoms with Gasteiger partial charge in [-0.3, -0.25) is 4.52 Å². The lowest BCUT2D eigenvalue weighted by Crippen LogP contribution is -1.92. The van der Waals surface area contributed by atoms with E-state index in [1.54, 1.807) is 6.66 Å². The van der Waals surface area contributed by atoms with Crippen molar-refractivity contribution in [2.24, 2.45) is 0 Å². The Kier molecular flexibility index (Phi) is 6.80. The minimum absolute atomic E-state index is 0.144. The molecule has 10 heavy (non-hydrogen) atoms. The molecule has 0 fully saturated rings. The van der Waals surface area contributed by atoms with Gasteiger partial charge in [0, 0.05) is 13.8 Å². The van der Waals surface area contributed by atoms with E-state index in [1.165, 1.54) is 7.11 Å². The Labute approximate surface area is 61.8 Å². The first-order valence-electron chi connectivity index (χ1n) is 2.38. The van der Waals surface area contributed by atoms with Crippen molar-refractivity contribution in [3.63, 3.8) is 0 Å². The fourth-order valence-corrected chi connectivity index (χ4v) is 0.734. The van der Waals surface area contributed by atoms with Gasteiger partial charge in [0.2, 0.25) is 0 Å². The van der Waals surface area contributed by atoms with Gasteiger partial charge in [0.15, 0.2) is 15.2 Å². The molecule has 0 aliphatic rings. The molecular weight excluding hydrogens is 178 g/mol. The molecule has 1 atom stereocenters. The molecule has 0 saturated carbocycles. The predicted molar refractivity (Wildman–Crippen MR) is 38.2 cm³/mol. The maximum absolute atomic E-state index is 8.22. The Morgan fingerprint density at radius 2 is 1.90 bits per heavy atom. The summed E-state index contributed by atoms with van der Waals surface area (Å²) in [5.74, 6) is 0. The minimum atomic E-state index is -2.31. The minimum Gasteiger partial charge on any atom is -0.338 e. The van der Waals surface area contributed by atoms with Crippen molar-refractivity contribution in [3.8, 4) is 0 Å². The third kappa shape index (κ3) is 6.78. The molecule has 0 aliphatic carbocycles. The van der Waals surface area contributed by atoms with Crippen LogP contribution in [0, 0.1) is 0 Å². The lowest BCUT2D eigenvalue weighted by Gasteiger charge is -2.09. The van der Waals surface area contributed by atoms with E-state index >= 15 is 0 Å². The molecule has 0 aromatic heterocycles. The summed E-state index contributed by atoms with van der Waals surface area (Å²) < 4.78 is 13.9. The van der Waals surface area contributed by atoms with E-state index in [0.29, 0.717) is 0 Å². The zero-order valence-corrected chi connectivity index (χ0v) is 7.51. The molecule has 62 valence electrons. The molecule has 0 amide bonds. The summed E-state index contributed by atoms with van der Waals surface area (Å²) in [4.78, 5) is 16.4. The fraction of sp³-hybridized carbons (Fsp3) is 1.00. The summed E-state index contributed by atoms with van der Waals surface area (Å²) in [5, 5.41) is 0. The molecule has 0 aliphatic heterocycles. The molecule has 2 N–H and O–H groups in total. The first-order chi connectivity index (χ1) is 4.66. The van der Waals surface area contributed by atoms with Gasteiger partial charge in [0.1, 0.15) is 0 Å². The molecular formula is C3H10O5P2. The first-order valence-corrected chi connectivity index (χ1v) is 5.17. The highest BCUT2D eigenvalue weighted by Gasteiger charge is 2.02. The monoisotopic (exact) mass is 188 g/mol. The summed E-state index contributed by atoms with van der Waals surface area (Å²) in [6.45, 7) is 1.59. The van der Waals surface area contributed by atoms with Crippen LogP contribution in [0.2, 0.25) is 0 Å². The Morgan fingerprint density at radius 3 is 2.30 bits per heavy atom. The lowest BCUT2D eigenvalue weighted by atomic mass is 11.6. The third-order valence-electron chi connectivity index (χ3n) is 0.660. The third-order valence-corrected chi connectivity index (χ3v) is 1.98. The van der Waals surface area contributed by atoms with Gasteiger partial charge in [-0.1, -0.05) is 0 Å². The van der Waals surface area contributed by atoms with Crippen LogP contribution in [0.1, 0.15) is 0 Å². The highest BCUT2D eigenvalue weighted by Crippen LogP contribution is 2.34. The molecule has 0 rings (SSSR count). The van der Waals surface area contributed by atoms with Gasteiger partial charge in [-0.15, -0.1) is 0 Å². The summed E-state index contributed by atoms with van der Waals surface area (Å²) >= 11 is 0. The molecule has 0 radical (unpaired) electrons. The fourth-order valence-electron chi connectivity index (χ4n) is 0.198. The second-order valence-corrected chi connectivity index (χ2v) is 3.52. The van der Waals surface area contributed by atoms with Gasteiger partial charge in [-0.2, -0.15) is 0 Å².